The van der Waals surface area contributed by atoms with Crippen molar-refractivity contribution in [3.63, 3.8) is 0 Å². The molecule has 0 aromatic heterocycles. The molecule has 0 radical (unpaired) electrons. The van der Waals surface area contributed by atoms with Crippen molar-refractivity contribution < 1.29 is 18.5 Å². The molecular formula is C25H29N3O4S. The summed E-state index contributed by atoms with van der Waals surface area (Å²) < 4.78 is 35.4. The molecule has 33 heavy (non-hydrogen) atoms. The first-order valence-electron chi connectivity index (χ1n) is 10.7. The molecule has 0 fully saturated rings. The van der Waals surface area contributed by atoms with Crippen molar-refractivity contribution in [2.45, 2.75) is 24.7 Å². The molecule has 3 rings (SSSR count). The van der Waals surface area contributed by atoms with Crippen LogP contribution >= 0.6 is 0 Å². The largest absolute Gasteiger partial charge is 0.465 e. The Balaban J connectivity index is 2.21. The number of rotatable bonds is 10. The number of hydrogen-bond acceptors (Lipinski definition) is 6. The Morgan fingerprint density at radius 2 is 1.70 bits per heavy atom. The van der Waals surface area contributed by atoms with Gasteiger partial charge in [-0.1, -0.05) is 49.7 Å². The molecule has 7 nitrogen and oxygen atoms in total. The van der Waals surface area contributed by atoms with E-state index in [2.05, 4.69) is 12.2 Å². The number of carbonyl (C=O) groups is 1. The van der Waals surface area contributed by atoms with E-state index < -0.39 is 15.9 Å². The second-order valence-electron chi connectivity index (χ2n) is 7.40. The van der Waals surface area contributed by atoms with Gasteiger partial charge in [-0.15, -0.1) is 0 Å². The number of hydrogen-bond donors (Lipinski definition) is 2. The summed E-state index contributed by atoms with van der Waals surface area (Å²) in [7, 11) is -0.724. The highest BCUT2D eigenvalue weighted by atomic mass is 32.2. The molecule has 8 heteroatoms. The minimum Gasteiger partial charge on any atom is -0.465 e. The van der Waals surface area contributed by atoms with Crippen molar-refractivity contribution in [1.29, 1.82) is 4.78 Å². The maximum absolute atomic E-state index is 14.0. The molecule has 3 aromatic rings. The first kappa shape index (κ1) is 24.1. The van der Waals surface area contributed by atoms with Gasteiger partial charge in [-0.2, -0.15) is 0 Å². The van der Waals surface area contributed by atoms with Gasteiger partial charge >= 0.3 is 5.97 Å². The van der Waals surface area contributed by atoms with Gasteiger partial charge in [0.25, 0.3) is 0 Å². The second kappa shape index (κ2) is 10.9. The van der Waals surface area contributed by atoms with E-state index in [0.717, 1.165) is 12.8 Å². The summed E-state index contributed by atoms with van der Waals surface area (Å²) in [5, 5.41) is 3.28. The van der Waals surface area contributed by atoms with E-state index in [1.165, 1.54) is 17.5 Å². The summed E-state index contributed by atoms with van der Waals surface area (Å²) in [6.45, 7) is 2.70. The van der Waals surface area contributed by atoms with Crippen molar-refractivity contribution in [3.05, 3.63) is 78.4 Å². The van der Waals surface area contributed by atoms with Crippen LogP contribution < -0.4 is 14.4 Å². The third kappa shape index (κ3) is 5.64. The van der Waals surface area contributed by atoms with Gasteiger partial charge in [0, 0.05) is 19.3 Å². The lowest BCUT2D eigenvalue weighted by molar-refractivity contribution is 0.0600. The monoisotopic (exact) mass is 467 g/mol. The van der Waals surface area contributed by atoms with Crippen LogP contribution in [0, 0.1) is 4.78 Å². The zero-order valence-electron chi connectivity index (χ0n) is 19.0. The molecule has 0 bridgehead atoms. The number of nitrogens with zero attached hydrogens (tertiary/aromatic N) is 1. The zero-order chi connectivity index (χ0) is 23.8. The van der Waals surface area contributed by atoms with E-state index in [1.54, 1.807) is 37.4 Å². The molecule has 0 heterocycles. The van der Waals surface area contributed by atoms with Crippen LogP contribution in [0.1, 0.15) is 30.1 Å². The van der Waals surface area contributed by atoms with Gasteiger partial charge in [-0.25, -0.2) is 13.8 Å². The fraction of sp³-hybridized carbons (Fsp3) is 0.240. The van der Waals surface area contributed by atoms with Gasteiger partial charge in [0.1, 0.15) is 10.6 Å². The molecule has 0 aliphatic heterocycles. The SMILES string of the molecule is CCCCNc1cc(C(=O)OC)cc(S(=N)(=O)N(C)c2ccccc2)c1Oc1ccccc1. The van der Waals surface area contributed by atoms with Crippen molar-refractivity contribution in [1.82, 2.24) is 0 Å². The number of esters is 1. The van der Waals surface area contributed by atoms with Crippen LogP contribution in [0.3, 0.4) is 0 Å². The normalized spacial score (nSPS) is 12.5. The number of nitrogens with one attached hydrogen (secondary N) is 2. The Labute approximate surface area is 195 Å². The third-order valence-electron chi connectivity index (χ3n) is 5.09. The number of ether oxygens (including phenoxy) is 2. The predicted molar refractivity (Wildman–Crippen MR) is 132 cm³/mol. The maximum atomic E-state index is 14.0. The molecule has 1 atom stereocenters. The minimum atomic E-state index is -3.60. The first-order chi connectivity index (χ1) is 15.9. The Morgan fingerprint density at radius 1 is 1.06 bits per heavy atom. The van der Waals surface area contributed by atoms with Crippen molar-refractivity contribution in [3.8, 4) is 11.5 Å². The molecule has 0 saturated heterocycles. The molecule has 0 amide bonds. The lowest BCUT2D eigenvalue weighted by Gasteiger charge is -2.26. The highest BCUT2D eigenvalue weighted by Gasteiger charge is 2.27. The predicted octanol–water partition coefficient (Wildman–Crippen LogP) is 5.93. The second-order valence-corrected chi connectivity index (χ2v) is 9.44. The standard InChI is InChI=1S/C25H29N3O4S/c1-4-5-16-27-22-17-19(25(29)31-3)18-23(24(22)32-21-14-10-7-11-15-21)33(26,30)28(2)20-12-8-6-9-13-20/h6-15,17-18,26-27H,4-5,16H2,1-3H3. The van der Waals surface area contributed by atoms with Crippen molar-refractivity contribution in [2.75, 3.05) is 30.3 Å². The number of methoxy groups -OCH3 is 1. The van der Waals surface area contributed by atoms with E-state index in [4.69, 9.17) is 14.3 Å². The Bertz CT molecular complexity index is 1180. The Hall–Kier alpha value is -3.52. The zero-order valence-corrected chi connectivity index (χ0v) is 19.9. The van der Waals surface area contributed by atoms with Crippen LogP contribution in [0.4, 0.5) is 11.4 Å². The van der Waals surface area contributed by atoms with Crippen LogP contribution in [0.25, 0.3) is 0 Å². The average molecular weight is 468 g/mol. The first-order valence-corrected chi connectivity index (χ1v) is 12.2. The summed E-state index contributed by atoms with van der Waals surface area (Å²) in [4.78, 5) is 12.5. The Kier molecular flexibility index (Phi) is 7.95. The molecular weight excluding hydrogens is 438 g/mol. The molecule has 174 valence electrons. The van der Waals surface area contributed by atoms with E-state index in [-0.39, 0.29) is 16.2 Å². The quantitative estimate of drug-likeness (QED) is 0.285. The lowest BCUT2D eigenvalue weighted by Crippen LogP contribution is -2.26. The summed E-state index contributed by atoms with van der Waals surface area (Å²) in [5.41, 5.74) is 1.27. The fourth-order valence-corrected chi connectivity index (χ4v) is 4.62. The molecule has 0 aliphatic rings. The van der Waals surface area contributed by atoms with Gasteiger partial charge in [0.05, 0.1) is 18.4 Å². The van der Waals surface area contributed by atoms with Gasteiger partial charge in [-0.3, -0.25) is 4.31 Å². The van der Waals surface area contributed by atoms with Gasteiger partial charge in [0.2, 0.25) is 0 Å². The number of benzene rings is 3. The number of para-hydroxylation sites is 2. The molecule has 0 spiro atoms. The van der Waals surface area contributed by atoms with Crippen molar-refractivity contribution >= 4 is 27.3 Å². The van der Waals surface area contributed by atoms with Crippen LogP contribution in [0.5, 0.6) is 11.5 Å². The number of anilines is 2. The van der Waals surface area contributed by atoms with E-state index in [1.807, 2.05) is 36.4 Å². The minimum absolute atomic E-state index is 0.0830. The molecule has 3 aromatic carbocycles. The highest BCUT2D eigenvalue weighted by Crippen LogP contribution is 2.40. The van der Waals surface area contributed by atoms with Crippen LogP contribution in [-0.4, -0.2) is 30.9 Å². The topological polar surface area (TPSA) is 91.7 Å². The molecule has 0 saturated carbocycles. The van der Waals surface area contributed by atoms with Gasteiger partial charge in [-0.05, 0) is 42.8 Å². The lowest BCUT2D eigenvalue weighted by atomic mass is 10.1. The molecule has 0 aliphatic carbocycles. The van der Waals surface area contributed by atoms with Crippen LogP contribution in [0.2, 0.25) is 0 Å². The van der Waals surface area contributed by atoms with Crippen LogP contribution in [0.15, 0.2) is 77.7 Å². The molecule has 2 N–H and O–H groups in total. The number of carbonyl (C=O) groups excluding carboxylic acids is 1. The summed E-state index contributed by atoms with van der Waals surface area (Å²) in [6, 6.07) is 21.1. The molecule has 1 unspecified atom stereocenters. The fourth-order valence-electron chi connectivity index (χ4n) is 3.22. The van der Waals surface area contributed by atoms with E-state index in [9.17, 15) is 9.00 Å². The third-order valence-corrected chi connectivity index (χ3v) is 6.97. The summed E-state index contributed by atoms with van der Waals surface area (Å²) in [5.74, 6) is 0.187. The average Bonchev–Trinajstić information content (AvgIpc) is 2.85. The number of unbranched alkanes of at least 4 members (excludes halogenated alkanes) is 1. The van der Waals surface area contributed by atoms with E-state index >= 15 is 0 Å². The van der Waals surface area contributed by atoms with Gasteiger partial charge in [0.15, 0.2) is 15.7 Å². The highest BCUT2D eigenvalue weighted by molar-refractivity contribution is 7.94. The summed E-state index contributed by atoms with van der Waals surface area (Å²) in [6.07, 6.45) is 1.86. The smallest absolute Gasteiger partial charge is 0.337 e. The maximum Gasteiger partial charge on any atom is 0.337 e. The summed E-state index contributed by atoms with van der Waals surface area (Å²) >= 11 is 0. The van der Waals surface area contributed by atoms with Gasteiger partial charge < -0.3 is 14.8 Å². The Morgan fingerprint density at radius 3 is 2.30 bits per heavy atom. The van der Waals surface area contributed by atoms with Crippen molar-refractivity contribution in [2.24, 2.45) is 0 Å². The van der Waals surface area contributed by atoms with Crippen LogP contribution in [-0.2, 0) is 14.7 Å². The van der Waals surface area contributed by atoms with E-state index in [0.29, 0.717) is 23.7 Å².